The molecule has 1 amide bonds. The number of likely N-dealkylation sites (tertiary alicyclic amines) is 1. The van der Waals surface area contributed by atoms with E-state index < -0.39 is 0 Å². The molecule has 166 valence electrons. The maximum absolute atomic E-state index is 13.2. The van der Waals surface area contributed by atoms with Crippen LogP contribution in [0.15, 0.2) is 66.9 Å². The smallest absolute Gasteiger partial charge is 0.224 e. The van der Waals surface area contributed by atoms with Gasteiger partial charge in [0.2, 0.25) is 5.91 Å². The highest BCUT2D eigenvalue weighted by Gasteiger charge is 2.28. The van der Waals surface area contributed by atoms with E-state index in [0.717, 1.165) is 49.3 Å². The molecule has 0 aliphatic carbocycles. The van der Waals surface area contributed by atoms with Gasteiger partial charge in [0, 0.05) is 18.7 Å². The van der Waals surface area contributed by atoms with Crippen LogP contribution in [0, 0.1) is 12.8 Å². The predicted molar refractivity (Wildman–Crippen MR) is 130 cm³/mol. The maximum Gasteiger partial charge on any atom is 0.224 e. The number of amides is 1. The van der Waals surface area contributed by atoms with Crippen LogP contribution in [0.3, 0.4) is 0 Å². The van der Waals surface area contributed by atoms with Crippen molar-refractivity contribution in [2.24, 2.45) is 5.92 Å². The van der Waals surface area contributed by atoms with Crippen LogP contribution in [0.25, 0.3) is 0 Å². The lowest BCUT2D eigenvalue weighted by molar-refractivity contribution is -0.127. The van der Waals surface area contributed by atoms with Crippen LogP contribution in [-0.2, 0) is 11.3 Å². The van der Waals surface area contributed by atoms with E-state index in [1.165, 1.54) is 5.56 Å². The summed E-state index contributed by atoms with van der Waals surface area (Å²) in [7, 11) is 0. The minimum Gasteiger partial charge on any atom is -0.343 e. The van der Waals surface area contributed by atoms with Gasteiger partial charge >= 0.3 is 0 Å². The summed E-state index contributed by atoms with van der Waals surface area (Å²) in [5, 5.41) is 4.41. The van der Waals surface area contributed by atoms with E-state index >= 15 is 0 Å². The molecule has 2 heterocycles. The number of benzene rings is 2. The second kappa shape index (κ2) is 10.5. The van der Waals surface area contributed by atoms with Crippen LogP contribution in [0.1, 0.15) is 41.3 Å². The van der Waals surface area contributed by atoms with E-state index in [1.807, 2.05) is 36.4 Å². The lowest BCUT2D eigenvalue weighted by atomic mass is 9.94. The number of pyridine rings is 1. The highest BCUT2D eigenvalue weighted by Crippen LogP contribution is 2.26. The molecule has 32 heavy (non-hydrogen) atoms. The van der Waals surface area contributed by atoms with E-state index in [4.69, 9.17) is 23.2 Å². The molecule has 0 radical (unpaired) electrons. The van der Waals surface area contributed by atoms with Gasteiger partial charge in [-0.15, -0.1) is 0 Å². The van der Waals surface area contributed by atoms with Gasteiger partial charge in [-0.1, -0.05) is 65.2 Å². The molecule has 0 saturated carbocycles. The standard InChI is InChI=1S/C26H27Cl2N3O/c1-18-5-8-20(9-6-18)25(24-4-2-3-13-29-24)30-26(32)21-11-14-31(15-12-21)17-19-7-10-22(27)23(28)16-19/h2-10,13,16,21,25H,11-12,14-15,17H2,1H3,(H,30,32). The minimum absolute atomic E-state index is 0.00304. The van der Waals surface area contributed by atoms with Crippen molar-refractivity contribution in [2.75, 3.05) is 13.1 Å². The number of carbonyl (C=O) groups excluding carboxylic acids is 1. The Kier molecular flexibility index (Phi) is 7.46. The normalized spacial score (nSPS) is 16.0. The average Bonchev–Trinajstić information content (AvgIpc) is 2.81. The van der Waals surface area contributed by atoms with Crippen LogP contribution in [0.2, 0.25) is 10.0 Å². The highest BCUT2D eigenvalue weighted by molar-refractivity contribution is 6.42. The average molecular weight is 468 g/mol. The number of aromatic nitrogens is 1. The first-order chi connectivity index (χ1) is 15.5. The second-order valence-corrected chi connectivity index (χ2v) is 9.22. The topological polar surface area (TPSA) is 45.2 Å². The Hall–Kier alpha value is -2.40. The van der Waals surface area contributed by atoms with Gasteiger partial charge in [-0.05, 0) is 68.2 Å². The Morgan fingerprint density at radius 3 is 2.47 bits per heavy atom. The van der Waals surface area contributed by atoms with E-state index in [1.54, 1.807) is 6.20 Å². The fourth-order valence-corrected chi connectivity index (χ4v) is 4.46. The van der Waals surface area contributed by atoms with Crippen molar-refractivity contribution < 1.29 is 4.79 Å². The van der Waals surface area contributed by atoms with Crippen LogP contribution >= 0.6 is 23.2 Å². The number of halogens is 2. The summed E-state index contributed by atoms with van der Waals surface area (Å²) in [5.41, 5.74) is 4.22. The number of aryl methyl sites for hydroxylation is 1. The summed E-state index contributed by atoms with van der Waals surface area (Å²) >= 11 is 12.2. The van der Waals surface area contributed by atoms with Crippen LogP contribution in [0.4, 0.5) is 0 Å². The third-order valence-electron chi connectivity index (χ3n) is 6.03. The van der Waals surface area contributed by atoms with E-state index in [-0.39, 0.29) is 17.9 Å². The third-order valence-corrected chi connectivity index (χ3v) is 6.77. The summed E-state index contributed by atoms with van der Waals surface area (Å²) in [6.45, 7) is 4.61. The molecule has 1 atom stereocenters. The number of nitrogens with zero attached hydrogens (tertiary/aromatic N) is 2. The van der Waals surface area contributed by atoms with Gasteiger partial charge in [0.1, 0.15) is 0 Å². The molecule has 1 saturated heterocycles. The highest BCUT2D eigenvalue weighted by atomic mass is 35.5. The SMILES string of the molecule is Cc1ccc(C(NC(=O)C2CCN(Cc3ccc(Cl)c(Cl)c3)CC2)c2ccccn2)cc1. The molecule has 1 fully saturated rings. The zero-order chi connectivity index (χ0) is 22.5. The summed E-state index contributed by atoms with van der Waals surface area (Å²) in [6.07, 6.45) is 3.43. The maximum atomic E-state index is 13.2. The Morgan fingerprint density at radius 2 is 1.81 bits per heavy atom. The van der Waals surface area contributed by atoms with Gasteiger partial charge in [-0.25, -0.2) is 0 Å². The van der Waals surface area contributed by atoms with E-state index in [2.05, 4.69) is 46.4 Å². The fourth-order valence-electron chi connectivity index (χ4n) is 4.14. The number of hydrogen-bond donors (Lipinski definition) is 1. The van der Waals surface area contributed by atoms with Crippen LogP contribution in [0.5, 0.6) is 0 Å². The number of hydrogen-bond acceptors (Lipinski definition) is 3. The summed E-state index contributed by atoms with van der Waals surface area (Å²) in [5.74, 6) is 0.0899. The Labute approximate surface area is 199 Å². The zero-order valence-corrected chi connectivity index (χ0v) is 19.6. The number of carbonyl (C=O) groups is 1. The van der Waals surface area contributed by atoms with E-state index in [9.17, 15) is 4.79 Å². The monoisotopic (exact) mass is 467 g/mol. The van der Waals surface area contributed by atoms with Crippen molar-refractivity contribution >= 4 is 29.1 Å². The molecule has 0 spiro atoms. The number of rotatable bonds is 6. The van der Waals surface area contributed by atoms with Crippen molar-refractivity contribution in [3.63, 3.8) is 0 Å². The third kappa shape index (κ3) is 5.69. The second-order valence-electron chi connectivity index (χ2n) is 8.41. The molecule has 1 unspecified atom stereocenters. The molecule has 4 nitrogen and oxygen atoms in total. The van der Waals surface area contributed by atoms with Crippen LogP contribution in [-0.4, -0.2) is 28.9 Å². The Morgan fingerprint density at radius 1 is 1.06 bits per heavy atom. The van der Waals surface area contributed by atoms with Gasteiger partial charge < -0.3 is 5.32 Å². The van der Waals surface area contributed by atoms with Crippen molar-refractivity contribution in [1.82, 2.24) is 15.2 Å². The quantitative estimate of drug-likeness (QED) is 0.496. The molecule has 0 bridgehead atoms. The molecule has 1 aliphatic rings. The van der Waals surface area contributed by atoms with Gasteiger partial charge in [0.05, 0.1) is 21.8 Å². The number of nitrogens with one attached hydrogen (secondary N) is 1. The molecular formula is C26H27Cl2N3O. The first-order valence-corrected chi connectivity index (χ1v) is 11.7. The fraction of sp³-hybridized carbons (Fsp3) is 0.308. The Balaban J connectivity index is 1.39. The molecule has 1 aliphatic heterocycles. The minimum atomic E-state index is -0.251. The lowest BCUT2D eigenvalue weighted by Crippen LogP contribution is -2.41. The molecule has 1 aromatic heterocycles. The lowest BCUT2D eigenvalue weighted by Gasteiger charge is -2.32. The molecule has 4 rings (SSSR count). The van der Waals surface area contributed by atoms with Gasteiger partial charge in [-0.3, -0.25) is 14.7 Å². The van der Waals surface area contributed by atoms with Crippen molar-refractivity contribution in [1.29, 1.82) is 0 Å². The largest absolute Gasteiger partial charge is 0.343 e. The summed E-state index contributed by atoms with van der Waals surface area (Å²) < 4.78 is 0. The van der Waals surface area contributed by atoms with Gasteiger partial charge in [-0.2, -0.15) is 0 Å². The zero-order valence-electron chi connectivity index (χ0n) is 18.1. The van der Waals surface area contributed by atoms with Crippen molar-refractivity contribution in [3.05, 3.63) is 99.3 Å². The van der Waals surface area contributed by atoms with Crippen LogP contribution < -0.4 is 5.32 Å². The number of piperidine rings is 1. The summed E-state index contributed by atoms with van der Waals surface area (Å²) in [6, 6.07) is 19.6. The van der Waals surface area contributed by atoms with Gasteiger partial charge in [0.15, 0.2) is 0 Å². The first-order valence-electron chi connectivity index (χ1n) is 10.9. The van der Waals surface area contributed by atoms with Crippen molar-refractivity contribution in [3.8, 4) is 0 Å². The molecule has 3 aromatic rings. The predicted octanol–water partition coefficient (Wildman–Crippen LogP) is 5.81. The summed E-state index contributed by atoms with van der Waals surface area (Å²) in [4.78, 5) is 20.0. The van der Waals surface area contributed by atoms with Gasteiger partial charge in [0.25, 0.3) is 0 Å². The molecule has 1 N–H and O–H groups in total. The Bertz CT molecular complexity index is 1050. The van der Waals surface area contributed by atoms with Crippen molar-refractivity contribution in [2.45, 2.75) is 32.4 Å². The molecular weight excluding hydrogens is 441 g/mol. The first kappa shape index (κ1) is 22.8. The molecule has 2 aromatic carbocycles. The van der Waals surface area contributed by atoms with E-state index in [0.29, 0.717) is 10.0 Å². The molecule has 6 heteroatoms.